The molecule has 0 radical (unpaired) electrons. The Kier molecular flexibility index (Phi) is 4.37. The van der Waals surface area contributed by atoms with Crippen molar-refractivity contribution < 1.29 is 0 Å². The maximum absolute atomic E-state index is 6.03. The molecule has 0 spiro atoms. The zero-order valence-corrected chi connectivity index (χ0v) is 7.35. The van der Waals surface area contributed by atoms with Gasteiger partial charge in [0.2, 0.25) is 0 Å². The Hall–Kier alpha value is -0.300. The van der Waals surface area contributed by atoms with E-state index in [2.05, 4.69) is 19.9 Å². The van der Waals surface area contributed by atoms with Gasteiger partial charge in [-0.15, -0.1) is 0 Å². The summed E-state index contributed by atoms with van der Waals surface area (Å²) in [7, 11) is 0. The molecule has 0 aromatic carbocycles. The van der Waals surface area contributed by atoms with E-state index in [0.717, 1.165) is 19.3 Å². The average molecular weight is 141 g/mol. The third-order valence-corrected chi connectivity index (χ3v) is 1.87. The lowest BCUT2D eigenvalue weighted by atomic mass is 9.92. The van der Waals surface area contributed by atoms with Crippen molar-refractivity contribution in [2.75, 3.05) is 0 Å². The molecule has 1 heteroatoms. The highest BCUT2D eigenvalue weighted by molar-refractivity contribution is 5.02. The standard InChI is InChI=1S/C9H19N/c1-4-7-9(10,6-3)8-5-2/h4,7H,5-6,8,10H2,1-3H3. The van der Waals surface area contributed by atoms with E-state index in [1.807, 2.05) is 13.0 Å². The Balaban J connectivity index is 3.94. The largest absolute Gasteiger partial charge is 0.322 e. The minimum Gasteiger partial charge on any atom is -0.322 e. The molecule has 0 aliphatic rings. The van der Waals surface area contributed by atoms with Gasteiger partial charge in [-0.25, -0.2) is 0 Å². The molecule has 1 unspecified atom stereocenters. The molecule has 60 valence electrons. The van der Waals surface area contributed by atoms with Gasteiger partial charge in [-0.05, 0) is 19.8 Å². The fourth-order valence-electron chi connectivity index (χ4n) is 1.18. The summed E-state index contributed by atoms with van der Waals surface area (Å²) in [5.74, 6) is 0. The van der Waals surface area contributed by atoms with Crippen LogP contribution < -0.4 is 5.73 Å². The fraction of sp³-hybridized carbons (Fsp3) is 0.778. The predicted molar refractivity (Wildman–Crippen MR) is 46.9 cm³/mol. The summed E-state index contributed by atoms with van der Waals surface area (Å²) in [5.41, 5.74) is 5.99. The highest BCUT2D eigenvalue weighted by Gasteiger charge is 2.15. The summed E-state index contributed by atoms with van der Waals surface area (Å²) >= 11 is 0. The highest BCUT2D eigenvalue weighted by Crippen LogP contribution is 2.14. The Morgan fingerprint density at radius 2 is 2.00 bits per heavy atom. The molecular weight excluding hydrogens is 122 g/mol. The van der Waals surface area contributed by atoms with E-state index in [1.54, 1.807) is 0 Å². The fourth-order valence-corrected chi connectivity index (χ4v) is 1.18. The Labute approximate surface area is 64.3 Å². The second kappa shape index (κ2) is 4.51. The van der Waals surface area contributed by atoms with Gasteiger partial charge < -0.3 is 5.73 Å². The van der Waals surface area contributed by atoms with Crippen LogP contribution in [0.5, 0.6) is 0 Å². The van der Waals surface area contributed by atoms with Gasteiger partial charge in [-0.2, -0.15) is 0 Å². The molecule has 0 fully saturated rings. The van der Waals surface area contributed by atoms with E-state index in [-0.39, 0.29) is 5.54 Å². The first-order chi connectivity index (χ1) is 4.68. The van der Waals surface area contributed by atoms with Gasteiger partial charge in [0.05, 0.1) is 0 Å². The molecule has 0 aromatic heterocycles. The molecule has 1 nitrogen and oxygen atoms in total. The number of nitrogens with two attached hydrogens (primary N) is 1. The zero-order valence-electron chi connectivity index (χ0n) is 7.35. The van der Waals surface area contributed by atoms with E-state index in [4.69, 9.17) is 5.73 Å². The van der Waals surface area contributed by atoms with Crippen LogP contribution in [0, 0.1) is 0 Å². The minimum atomic E-state index is -0.0382. The number of allylic oxidation sites excluding steroid dienone is 1. The lowest BCUT2D eigenvalue weighted by Crippen LogP contribution is -2.36. The quantitative estimate of drug-likeness (QED) is 0.598. The first-order valence-electron chi connectivity index (χ1n) is 4.11. The highest BCUT2D eigenvalue weighted by atomic mass is 14.7. The van der Waals surface area contributed by atoms with Crippen molar-refractivity contribution in [3.05, 3.63) is 12.2 Å². The Morgan fingerprint density at radius 3 is 2.30 bits per heavy atom. The molecule has 1 atom stereocenters. The van der Waals surface area contributed by atoms with E-state index in [9.17, 15) is 0 Å². The Bertz CT molecular complexity index is 107. The smallest absolute Gasteiger partial charge is 0.0336 e. The van der Waals surface area contributed by atoms with Gasteiger partial charge in [-0.3, -0.25) is 0 Å². The van der Waals surface area contributed by atoms with E-state index in [1.165, 1.54) is 0 Å². The molecular formula is C9H19N. The molecule has 0 aliphatic carbocycles. The van der Waals surface area contributed by atoms with Gasteiger partial charge in [0.15, 0.2) is 0 Å². The Morgan fingerprint density at radius 1 is 1.40 bits per heavy atom. The van der Waals surface area contributed by atoms with Crippen molar-refractivity contribution in [2.45, 2.75) is 45.6 Å². The van der Waals surface area contributed by atoms with Crippen LogP contribution >= 0.6 is 0 Å². The maximum atomic E-state index is 6.03. The van der Waals surface area contributed by atoms with Crippen molar-refractivity contribution in [3.63, 3.8) is 0 Å². The molecule has 2 N–H and O–H groups in total. The normalized spacial score (nSPS) is 17.6. The van der Waals surface area contributed by atoms with Crippen LogP contribution in [0.4, 0.5) is 0 Å². The topological polar surface area (TPSA) is 26.0 Å². The van der Waals surface area contributed by atoms with Crippen LogP contribution in [-0.2, 0) is 0 Å². The van der Waals surface area contributed by atoms with Gasteiger partial charge in [0.1, 0.15) is 0 Å². The molecule has 0 amide bonds. The monoisotopic (exact) mass is 141 g/mol. The van der Waals surface area contributed by atoms with Crippen LogP contribution in [0.3, 0.4) is 0 Å². The maximum Gasteiger partial charge on any atom is 0.0336 e. The molecule has 0 aliphatic heterocycles. The summed E-state index contributed by atoms with van der Waals surface area (Å²) in [6, 6.07) is 0. The van der Waals surface area contributed by atoms with Gasteiger partial charge in [0.25, 0.3) is 0 Å². The van der Waals surface area contributed by atoms with Crippen molar-refractivity contribution in [2.24, 2.45) is 5.73 Å². The number of hydrogen-bond donors (Lipinski definition) is 1. The van der Waals surface area contributed by atoms with Gasteiger partial charge in [-0.1, -0.05) is 32.4 Å². The van der Waals surface area contributed by atoms with Gasteiger partial charge in [0, 0.05) is 5.54 Å². The average Bonchev–Trinajstić information content (AvgIpc) is 1.89. The molecule has 0 heterocycles. The summed E-state index contributed by atoms with van der Waals surface area (Å²) < 4.78 is 0. The van der Waals surface area contributed by atoms with Crippen LogP contribution in [0.25, 0.3) is 0 Å². The molecule has 10 heavy (non-hydrogen) atoms. The SMILES string of the molecule is CC=CC(N)(CC)CCC. The lowest BCUT2D eigenvalue weighted by Gasteiger charge is -2.23. The first kappa shape index (κ1) is 9.70. The summed E-state index contributed by atoms with van der Waals surface area (Å²) in [6.07, 6.45) is 7.43. The second-order valence-corrected chi connectivity index (χ2v) is 2.84. The molecule has 0 bridgehead atoms. The van der Waals surface area contributed by atoms with Crippen molar-refractivity contribution in [1.29, 1.82) is 0 Å². The summed E-state index contributed by atoms with van der Waals surface area (Å²) in [4.78, 5) is 0. The summed E-state index contributed by atoms with van der Waals surface area (Å²) in [6.45, 7) is 6.32. The lowest BCUT2D eigenvalue weighted by molar-refractivity contribution is 0.464. The summed E-state index contributed by atoms with van der Waals surface area (Å²) in [5, 5.41) is 0. The van der Waals surface area contributed by atoms with Gasteiger partial charge >= 0.3 is 0 Å². The van der Waals surface area contributed by atoms with E-state index < -0.39 is 0 Å². The first-order valence-corrected chi connectivity index (χ1v) is 4.11. The number of rotatable bonds is 4. The van der Waals surface area contributed by atoms with Crippen LogP contribution in [0.2, 0.25) is 0 Å². The van der Waals surface area contributed by atoms with E-state index in [0.29, 0.717) is 0 Å². The minimum absolute atomic E-state index is 0.0382. The molecule has 0 rings (SSSR count). The third-order valence-electron chi connectivity index (χ3n) is 1.87. The molecule has 0 saturated heterocycles. The predicted octanol–water partition coefficient (Wildman–Crippen LogP) is 2.47. The number of hydrogen-bond acceptors (Lipinski definition) is 1. The third kappa shape index (κ3) is 3.02. The van der Waals surface area contributed by atoms with E-state index >= 15 is 0 Å². The van der Waals surface area contributed by atoms with Crippen molar-refractivity contribution >= 4 is 0 Å². The van der Waals surface area contributed by atoms with Crippen molar-refractivity contribution in [1.82, 2.24) is 0 Å². The van der Waals surface area contributed by atoms with Crippen molar-refractivity contribution in [3.8, 4) is 0 Å². The zero-order chi connectivity index (χ0) is 8.04. The van der Waals surface area contributed by atoms with Crippen LogP contribution in [0.1, 0.15) is 40.0 Å². The van der Waals surface area contributed by atoms with Crippen LogP contribution in [-0.4, -0.2) is 5.54 Å². The van der Waals surface area contributed by atoms with Crippen LogP contribution in [0.15, 0.2) is 12.2 Å². The molecule has 0 aromatic rings. The molecule has 0 saturated carbocycles. The second-order valence-electron chi connectivity index (χ2n) is 2.84.